The van der Waals surface area contributed by atoms with Gasteiger partial charge in [0.1, 0.15) is 0 Å². The molecule has 0 radical (unpaired) electrons. The van der Waals surface area contributed by atoms with Gasteiger partial charge in [-0.3, -0.25) is 23.3 Å². The Kier molecular flexibility index (Phi) is 6.81. The Balaban J connectivity index is 0.000000310. The summed E-state index contributed by atoms with van der Waals surface area (Å²) < 4.78 is 29.0. The average molecular weight is 191 g/mol. The normalized spacial score (nSPS) is 8.31. The van der Waals surface area contributed by atoms with Crippen LogP contribution in [0.5, 0.6) is 0 Å². The van der Waals surface area contributed by atoms with E-state index in [4.69, 9.17) is 0 Å². The number of anilines is 1. The molecule has 13 heavy (non-hydrogen) atoms. The molecule has 1 aromatic carbocycles. The van der Waals surface area contributed by atoms with E-state index in [9.17, 15) is 12.9 Å². The van der Waals surface area contributed by atoms with Gasteiger partial charge in [-0.15, -0.1) is 0 Å². The zero-order valence-corrected chi connectivity index (χ0v) is 7.01. The zero-order chi connectivity index (χ0) is 10.1. The van der Waals surface area contributed by atoms with Crippen molar-refractivity contribution in [3.63, 3.8) is 0 Å². The third kappa shape index (κ3) is 8.74. The highest BCUT2D eigenvalue weighted by molar-refractivity contribution is 6.33. The molecular formula is C7H9BF3NO. The van der Waals surface area contributed by atoms with Crippen molar-refractivity contribution in [3.05, 3.63) is 30.3 Å². The lowest BCUT2D eigenvalue weighted by atomic mass is 10.3. The van der Waals surface area contributed by atoms with E-state index in [-0.39, 0.29) is 0 Å². The van der Waals surface area contributed by atoms with Gasteiger partial charge in [-0.05, 0) is 12.1 Å². The van der Waals surface area contributed by atoms with Crippen molar-refractivity contribution in [1.82, 2.24) is 0 Å². The van der Waals surface area contributed by atoms with Gasteiger partial charge in [0.05, 0.1) is 12.8 Å². The van der Waals surface area contributed by atoms with Crippen molar-refractivity contribution >= 4 is 13.2 Å². The molecule has 6 heteroatoms. The molecule has 0 fully saturated rings. The highest BCUT2D eigenvalue weighted by atomic mass is 19.4. The van der Waals surface area contributed by atoms with Crippen LogP contribution < -0.4 is 5.48 Å². The number of para-hydroxylation sites is 1. The first-order valence-electron chi connectivity index (χ1n) is 3.43. The fraction of sp³-hybridized carbons (Fsp3) is 0.143. The molecule has 0 aromatic heterocycles. The smallest absolute Gasteiger partial charge is 0.279 e. The van der Waals surface area contributed by atoms with Gasteiger partial charge < -0.3 is 0 Å². The maximum absolute atomic E-state index is 9.67. The molecule has 72 valence electrons. The highest BCUT2D eigenvalue weighted by Gasteiger charge is 2.06. The molecule has 0 atom stereocenters. The summed E-state index contributed by atoms with van der Waals surface area (Å²) in [6.07, 6.45) is 0. The molecule has 0 aliphatic carbocycles. The van der Waals surface area contributed by atoms with E-state index in [1.807, 2.05) is 30.3 Å². The van der Waals surface area contributed by atoms with Crippen LogP contribution in [-0.4, -0.2) is 14.7 Å². The van der Waals surface area contributed by atoms with E-state index in [0.717, 1.165) is 5.69 Å². The summed E-state index contributed by atoms with van der Waals surface area (Å²) in [4.78, 5) is 4.68. The predicted octanol–water partition coefficient (Wildman–Crippen LogP) is 2.54. The summed E-state index contributed by atoms with van der Waals surface area (Å²) in [5.74, 6) is 0. The van der Waals surface area contributed by atoms with E-state index in [1.54, 1.807) is 7.11 Å². The molecular weight excluding hydrogens is 182 g/mol. The van der Waals surface area contributed by atoms with Crippen molar-refractivity contribution in [2.75, 3.05) is 12.6 Å². The Bertz CT molecular complexity index is 207. The van der Waals surface area contributed by atoms with Crippen molar-refractivity contribution in [2.45, 2.75) is 0 Å². The highest BCUT2D eigenvalue weighted by Crippen LogP contribution is 2.03. The quantitative estimate of drug-likeness (QED) is 0.572. The Morgan fingerprint density at radius 3 is 2.00 bits per heavy atom. The number of hydrogen-bond acceptors (Lipinski definition) is 2. The van der Waals surface area contributed by atoms with E-state index >= 15 is 0 Å². The molecule has 0 bridgehead atoms. The maximum atomic E-state index is 9.67. The Labute approximate surface area is 74.9 Å². The molecule has 1 rings (SSSR count). The fourth-order valence-corrected chi connectivity index (χ4v) is 0.624. The van der Waals surface area contributed by atoms with Crippen LogP contribution in [0.15, 0.2) is 30.3 Å². The van der Waals surface area contributed by atoms with Gasteiger partial charge in [0.15, 0.2) is 0 Å². The van der Waals surface area contributed by atoms with Gasteiger partial charge in [0.2, 0.25) is 0 Å². The second kappa shape index (κ2) is 7.48. The molecule has 0 saturated carbocycles. The third-order valence-corrected chi connectivity index (χ3v) is 0.994. The van der Waals surface area contributed by atoms with Crippen LogP contribution in [0.3, 0.4) is 0 Å². The van der Waals surface area contributed by atoms with Gasteiger partial charge in [-0.1, -0.05) is 18.2 Å². The molecule has 1 aromatic rings. The SMILES string of the molecule is CONc1ccccc1.FB(F)F. The van der Waals surface area contributed by atoms with E-state index < -0.39 is 7.54 Å². The van der Waals surface area contributed by atoms with E-state index in [1.165, 1.54) is 0 Å². The second-order valence-electron chi connectivity index (χ2n) is 1.92. The summed E-state index contributed by atoms with van der Waals surface area (Å²) in [6.45, 7) is 0. The second-order valence-corrected chi connectivity index (χ2v) is 1.92. The first kappa shape index (κ1) is 11.8. The van der Waals surface area contributed by atoms with Gasteiger partial charge >= 0.3 is 7.54 Å². The van der Waals surface area contributed by atoms with Crippen molar-refractivity contribution in [3.8, 4) is 0 Å². The van der Waals surface area contributed by atoms with Crippen molar-refractivity contribution < 1.29 is 17.8 Å². The standard InChI is InChI=1S/C7H9NO.BF3/c1-9-8-7-5-3-2-4-6-7;2-1(3)4/h2-6,8H,1H3;. The molecule has 0 spiro atoms. The van der Waals surface area contributed by atoms with Crippen LogP contribution in [-0.2, 0) is 4.84 Å². The summed E-state index contributed by atoms with van der Waals surface area (Å²) in [6, 6.07) is 9.72. The van der Waals surface area contributed by atoms with Gasteiger partial charge in [0.25, 0.3) is 0 Å². The number of rotatable bonds is 2. The van der Waals surface area contributed by atoms with Gasteiger partial charge in [-0.2, -0.15) is 0 Å². The number of hydrogen-bond donors (Lipinski definition) is 1. The minimum absolute atomic E-state index is 0.972. The van der Waals surface area contributed by atoms with E-state index in [2.05, 4.69) is 10.3 Å². The molecule has 1 N–H and O–H groups in total. The van der Waals surface area contributed by atoms with Crippen molar-refractivity contribution in [2.24, 2.45) is 0 Å². The first-order chi connectivity index (χ1) is 6.16. The zero-order valence-electron chi connectivity index (χ0n) is 7.01. The Morgan fingerprint density at radius 1 is 1.15 bits per heavy atom. The molecule has 0 saturated heterocycles. The number of benzene rings is 1. The largest absolute Gasteiger partial charge is 0.762 e. The van der Waals surface area contributed by atoms with Crippen molar-refractivity contribution in [1.29, 1.82) is 0 Å². The third-order valence-electron chi connectivity index (χ3n) is 0.994. The summed E-state index contributed by atoms with van der Waals surface area (Å²) >= 11 is 0. The molecule has 0 unspecified atom stereocenters. The monoisotopic (exact) mass is 191 g/mol. The molecule has 0 aliphatic rings. The minimum atomic E-state index is -3.67. The van der Waals surface area contributed by atoms with Crippen LogP contribution >= 0.6 is 0 Å². The summed E-state index contributed by atoms with van der Waals surface area (Å²) in [5.41, 5.74) is 3.68. The molecule has 0 heterocycles. The van der Waals surface area contributed by atoms with Crippen LogP contribution in [0.25, 0.3) is 0 Å². The Morgan fingerprint density at radius 2 is 1.62 bits per heavy atom. The van der Waals surface area contributed by atoms with Crippen LogP contribution in [0.4, 0.5) is 18.6 Å². The molecule has 0 aliphatic heterocycles. The number of nitrogens with one attached hydrogen (secondary N) is 1. The maximum Gasteiger partial charge on any atom is 0.762 e. The minimum Gasteiger partial charge on any atom is -0.279 e. The van der Waals surface area contributed by atoms with Gasteiger partial charge in [0, 0.05) is 0 Å². The topological polar surface area (TPSA) is 21.3 Å². The van der Waals surface area contributed by atoms with Crippen LogP contribution in [0, 0.1) is 0 Å². The van der Waals surface area contributed by atoms with Crippen LogP contribution in [0.1, 0.15) is 0 Å². The lowest BCUT2D eigenvalue weighted by Crippen LogP contribution is -1.93. The summed E-state index contributed by atoms with van der Waals surface area (Å²) in [7, 11) is -2.08. The lowest BCUT2D eigenvalue weighted by molar-refractivity contribution is 0.271. The predicted molar refractivity (Wildman–Crippen MR) is 46.2 cm³/mol. The van der Waals surface area contributed by atoms with Gasteiger partial charge in [-0.25, -0.2) is 0 Å². The summed E-state index contributed by atoms with van der Waals surface area (Å²) in [5, 5.41) is 0. The fourth-order valence-electron chi connectivity index (χ4n) is 0.624. The van der Waals surface area contributed by atoms with Crippen LogP contribution in [0.2, 0.25) is 0 Å². The number of halogens is 3. The average Bonchev–Trinajstić information content (AvgIpc) is 2.06. The Hall–Kier alpha value is -1.17. The lowest BCUT2D eigenvalue weighted by Gasteiger charge is -1.99. The molecule has 0 amide bonds. The molecule has 2 nitrogen and oxygen atoms in total. The van der Waals surface area contributed by atoms with E-state index in [0.29, 0.717) is 0 Å². The first-order valence-corrected chi connectivity index (χ1v) is 3.43.